The number of allylic oxidation sites excluding steroid dienone is 1. The average Bonchev–Trinajstić information content (AvgIpc) is 2.49. The first-order valence-corrected chi connectivity index (χ1v) is 9.16. The van der Waals surface area contributed by atoms with Crippen LogP contribution in [0.3, 0.4) is 0 Å². The fraction of sp³-hybridized carbons (Fsp3) is 0.667. The van der Waals surface area contributed by atoms with Gasteiger partial charge in [-0.2, -0.15) is 0 Å². The molecule has 0 aromatic heterocycles. The predicted octanol–water partition coefficient (Wildman–Crippen LogP) is 5.34. The maximum absolute atomic E-state index is 10.3. The first kappa shape index (κ1) is 21.2. The number of aliphatic carboxylic acids is 1. The molecule has 0 saturated carbocycles. The summed E-state index contributed by atoms with van der Waals surface area (Å²) in [4.78, 5) is 11.9. The Kier molecular flexibility index (Phi) is 15.9. The van der Waals surface area contributed by atoms with Gasteiger partial charge in [0.2, 0.25) is 0 Å². The first-order chi connectivity index (χ1) is 10.7. The summed E-state index contributed by atoms with van der Waals surface area (Å²) in [5.41, 5.74) is 2.78. The first-order valence-electron chi connectivity index (χ1n) is 8.24. The Bertz CT molecular complexity index is 357. The van der Waals surface area contributed by atoms with E-state index in [1.54, 1.807) is 17.1 Å². The quantitative estimate of drug-likeness (QED) is 0.245. The molecule has 0 unspecified atom stereocenters. The smallest absolute Gasteiger partial charge is 0.303 e. The van der Waals surface area contributed by atoms with Gasteiger partial charge in [0.1, 0.15) is 0 Å². The minimum absolute atomic E-state index is 0.310. The van der Waals surface area contributed by atoms with Crippen molar-refractivity contribution in [3.63, 3.8) is 0 Å². The lowest BCUT2D eigenvalue weighted by Crippen LogP contribution is -1.94. The van der Waals surface area contributed by atoms with E-state index < -0.39 is 12.1 Å². The highest BCUT2D eigenvalue weighted by Gasteiger charge is 1.96. The molecule has 4 heteroatoms. The molecule has 0 fully saturated rings. The lowest BCUT2D eigenvalue weighted by Gasteiger charge is -2.01. The highest BCUT2D eigenvalue weighted by atomic mass is 79.9. The summed E-state index contributed by atoms with van der Waals surface area (Å²) in [6.07, 6.45) is 16.6. The molecular weight excluding hydrogens is 344 g/mol. The summed E-state index contributed by atoms with van der Waals surface area (Å²) in [6, 6.07) is 0. The molecule has 126 valence electrons. The highest BCUT2D eigenvalue weighted by Crippen LogP contribution is 2.11. The molecule has 0 rings (SSSR count). The molecule has 0 aromatic carbocycles. The minimum Gasteiger partial charge on any atom is -0.481 e. The fourth-order valence-corrected chi connectivity index (χ4v) is 2.35. The van der Waals surface area contributed by atoms with Crippen LogP contribution in [0.25, 0.3) is 0 Å². The number of hydrogen-bond donors (Lipinski definition) is 2. The van der Waals surface area contributed by atoms with Crippen molar-refractivity contribution in [1.82, 2.24) is 0 Å². The number of halogens is 1. The molecule has 0 aromatic rings. The van der Waals surface area contributed by atoms with Crippen LogP contribution < -0.4 is 0 Å². The molecule has 1 atom stereocenters. The minimum atomic E-state index is -0.683. The number of carboxylic acid groups (broad SMARTS) is 1. The van der Waals surface area contributed by atoms with Crippen LogP contribution >= 0.6 is 15.9 Å². The summed E-state index contributed by atoms with van der Waals surface area (Å²) in [7, 11) is 0. The summed E-state index contributed by atoms with van der Waals surface area (Å²) in [5, 5.41) is 18.0. The number of aliphatic hydroxyl groups is 1. The molecule has 0 aliphatic heterocycles. The third kappa shape index (κ3) is 17.2. The maximum atomic E-state index is 10.3. The number of carbonyl (C=O) groups is 1. The van der Waals surface area contributed by atoms with E-state index in [1.165, 1.54) is 38.5 Å². The second kappa shape index (κ2) is 16.5. The zero-order chi connectivity index (χ0) is 16.5. The Hall–Kier alpha value is -0.830. The largest absolute Gasteiger partial charge is 0.481 e. The number of aliphatic hydroxyl groups excluding tert-OH is 1. The van der Waals surface area contributed by atoms with Gasteiger partial charge in [-0.05, 0) is 25.3 Å². The molecule has 2 N–H and O–H groups in total. The van der Waals surface area contributed by atoms with E-state index in [2.05, 4.69) is 21.7 Å². The van der Waals surface area contributed by atoms with E-state index in [-0.39, 0.29) is 0 Å². The number of rotatable bonds is 14. The summed E-state index contributed by atoms with van der Waals surface area (Å²) >= 11 is 3.10. The molecule has 3 nitrogen and oxygen atoms in total. The van der Waals surface area contributed by atoms with Crippen molar-refractivity contribution in [3.8, 4) is 0 Å². The van der Waals surface area contributed by atoms with E-state index in [0.29, 0.717) is 6.42 Å². The predicted molar refractivity (Wildman–Crippen MR) is 95.1 cm³/mol. The third-order valence-electron chi connectivity index (χ3n) is 3.42. The van der Waals surface area contributed by atoms with Crippen LogP contribution in [0.5, 0.6) is 0 Å². The van der Waals surface area contributed by atoms with Crippen LogP contribution in [0.15, 0.2) is 28.9 Å². The van der Waals surface area contributed by atoms with E-state index in [1.807, 2.05) is 6.08 Å². The van der Waals surface area contributed by atoms with Crippen LogP contribution in [-0.2, 0) is 4.79 Å². The lowest BCUT2D eigenvalue weighted by atomic mass is 10.1. The molecule has 0 bridgehead atoms. The van der Waals surface area contributed by atoms with Gasteiger partial charge in [-0.15, -0.1) is 5.73 Å². The zero-order valence-electron chi connectivity index (χ0n) is 13.3. The molecule has 0 radical (unpaired) electrons. The SMILES string of the molecule is O=C(O)CCCCCCCCCCC/C=C\[C@@H](O)C=C=CBr. The molecule has 0 spiro atoms. The van der Waals surface area contributed by atoms with Crippen LogP contribution in [0, 0.1) is 0 Å². The second-order valence-corrected chi connectivity index (χ2v) is 5.93. The van der Waals surface area contributed by atoms with Crippen LogP contribution in [-0.4, -0.2) is 22.3 Å². The zero-order valence-corrected chi connectivity index (χ0v) is 14.9. The van der Waals surface area contributed by atoms with Crippen LogP contribution in [0.2, 0.25) is 0 Å². The van der Waals surface area contributed by atoms with Gasteiger partial charge in [-0.25, -0.2) is 0 Å². The van der Waals surface area contributed by atoms with E-state index in [4.69, 9.17) is 5.11 Å². The number of carboxylic acids is 1. The monoisotopic (exact) mass is 372 g/mol. The van der Waals surface area contributed by atoms with Gasteiger partial charge in [-0.3, -0.25) is 4.79 Å². The highest BCUT2D eigenvalue weighted by molar-refractivity contribution is 9.11. The van der Waals surface area contributed by atoms with Gasteiger partial charge in [0.25, 0.3) is 0 Å². The Morgan fingerprint density at radius 2 is 1.55 bits per heavy atom. The van der Waals surface area contributed by atoms with Gasteiger partial charge in [0.15, 0.2) is 0 Å². The number of unbranched alkanes of at least 4 members (excludes halogenated alkanes) is 9. The normalized spacial score (nSPS) is 12.1. The van der Waals surface area contributed by atoms with Crippen molar-refractivity contribution in [3.05, 3.63) is 28.9 Å². The van der Waals surface area contributed by atoms with Crippen molar-refractivity contribution in [2.24, 2.45) is 0 Å². The van der Waals surface area contributed by atoms with Gasteiger partial charge in [-0.1, -0.05) is 73.0 Å². The molecule has 0 heterocycles. The molecular formula is C18H29BrO3. The van der Waals surface area contributed by atoms with Gasteiger partial charge in [0, 0.05) is 11.4 Å². The summed E-state index contributed by atoms with van der Waals surface area (Å²) in [6.45, 7) is 0. The Labute approximate surface area is 142 Å². The van der Waals surface area contributed by atoms with E-state index in [0.717, 1.165) is 25.7 Å². The topological polar surface area (TPSA) is 57.5 Å². The molecule has 22 heavy (non-hydrogen) atoms. The average molecular weight is 373 g/mol. The van der Waals surface area contributed by atoms with Crippen molar-refractivity contribution in [2.45, 2.75) is 76.7 Å². The lowest BCUT2D eigenvalue weighted by molar-refractivity contribution is -0.137. The molecule has 0 aliphatic rings. The molecule has 0 amide bonds. The van der Waals surface area contributed by atoms with Gasteiger partial charge < -0.3 is 10.2 Å². The Balaban J connectivity index is 3.25. The summed E-state index contributed by atoms with van der Waals surface area (Å²) < 4.78 is 0. The van der Waals surface area contributed by atoms with Crippen LogP contribution in [0.4, 0.5) is 0 Å². The van der Waals surface area contributed by atoms with Gasteiger partial charge in [0.05, 0.1) is 6.10 Å². The van der Waals surface area contributed by atoms with Crippen molar-refractivity contribution in [1.29, 1.82) is 0 Å². The van der Waals surface area contributed by atoms with E-state index >= 15 is 0 Å². The van der Waals surface area contributed by atoms with Gasteiger partial charge >= 0.3 is 5.97 Å². The van der Waals surface area contributed by atoms with Crippen molar-refractivity contribution in [2.75, 3.05) is 0 Å². The Morgan fingerprint density at radius 3 is 2.09 bits per heavy atom. The fourth-order valence-electron chi connectivity index (χ4n) is 2.20. The van der Waals surface area contributed by atoms with Crippen LogP contribution in [0.1, 0.15) is 70.6 Å². The maximum Gasteiger partial charge on any atom is 0.303 e. The molecule has 0 saturated heterocycles. The summed E-state index contributed by atoms with van der Waals surface area (Å²) in [5.74, 6) is -0.683. The second-order valence-electron chi connectivity index (χ2n) is 5.48. The standard InChI is InChI=1S/C18H29BrO3/c19-16-12-14-17(20)13-10-8-6-4-2-1-3-5-7-9-11-15-18(21)22/h10,13-14,16-17,20H,1-9,11,15H2,(H,21,22)/b13-10-/t12?,17-/m1/s1. The third-order valence-corrected chi connectivity index (χ3v) is 3.69. The van der Waals surface area contributed by atoms with E-state index in [9.17, 15) is 9.90 Å². The Morgan fingerprint density at radius 1 is 1.00 bits per heavy atom. The molecule has 0 aliphatic carbocycles. The van der Waals surface area contributed by atoms with Crippen molar-refractivity contribution < 1.29 is 15.0 Å². The van der Waals surface area contributed by atoms with Crippen molar-refractivity contribution >= 4 is 21.9 Å². The number of hydrogen-bond acceptors (Lipinski definition) is 2.